The van der Waals surface area contributed by atoms with Crippen molar-refractivity contribution in [3.05, 3.63) is 23.3 Å². The third kappa shape index (κ3) is 4.09. The standard InChI is InChI=1S/C14H19NO7/c1-7(16)15-6-9(17)13(18)12-10(21-2)4-8(14(19)20)5-11(12)22-3/h4-5,9,13,17-18H,6H2,1-3H3,(H,15,16)(H,19,20). The molecule has 1 rings (SSSR count). The van der Waals surface area contributed by atoms with Gasteiger partial charge in [0.15, 0.2) is 0 Å². The predicted octanol–water partition coefficient (Wildman–Crippen LogP) is -0.0676. The number of rotatable bonds is 7. The van der Waals surface area contributed by atoms with Crippen molar-refractivity contribution in [2.45, 2.75) is 19.1 Å². The molecule has 1 amide bonds. The number of aliphatic hydroxyl groups is 2. The van der Waals surface area contributed by atoms with Crippen molar-refractivity contribution < 1.29 is 34.4 Å². The molecular formula is C14H19NO7. The summed E-state index contributed by atoms with van der Waals surface area (Å²) in [6.07, 6.45) is -2.75. The van der Waals surface area contributed by atoms with Crippen molar-refractivity contribution in [2.75, 3.05) is 20.8 Å². The highest BCUT2D eigenvalue weighted by Crippen LogP contribution is 2.37. The summed E-state index contributed by atoms with van der Waals surface area (Å²) in [5.41, 5.74) is 0.0221. The molecule has 22 heavy (non-hydrogen) atoms. The molecule has 8 heteroatoms. The molecule has 0 radical (unpaired) electrons. The van der Waals surface area contributed by atoms with E-state index in [-0.39, 0.29) is 35.1 Å². The van der Waals surface area contributed by atoms with Gasteiger partial charge in [0.25, 0.3) is 0 Å². The third-order valence-corrected chi connectivity index (χ3v) is 3.01. The lowest BCUT2D eigenvalue weighted by Crippen LogP contribution is -2.34. The summed E-state index contributed by atoms with van der Waals surface area (Å²) in [6, 6.07) is 2.43. The zero-order valence-electron chi connectivity index (χ0n) is 12.5. The Balaban J connectivity index is 3.20. The van der Waals surface area contributed by atoms with Gasteiger partial charge in [-0.15, -0.1) is 0 Å². The summed E-state index contributed by atoms with van der Waals surface area (Å²) >= 11 is 0. The van der Waals surface area contributed by atoms with E-state index in [1.165, 1.54) is 33.3 Å². The Labute approximate surface area is 127 Å². The Morgan fingerprint density at radius 2 is 1.68 bits per heavy atom. The van der Waals surface area contributed by atoms with Crippen molar-refractivity contribution in [2.24, 2.45) is 0 Å². The number of ether oxygens (including phenoxy) is 2. The lowest BCUT2D eigenvalue weighted by molar-refractivity contribution is -0.119. The number of aliphatic hydroxyl groups excluding tert-OH is 2. The highest BCUT2D eigenvalue weighted by atomic mass is 16.5. The Kier molecular flexibility index (Phi) is 6.14. The van der Waals surface area contributed by atoms with Gasteiger partial charge in [-0.25, -0.2) is 4.79 Å². The molecule has 2 atom stereocenters. The number of methoxy groups -OCH3 is 2. The van der Waals surface area contributed by atoms with Gasteiger partial charge in [-0.1, -0.05) is 0 Å². The maximum Gasteiger partial charge on any atom is 0.335 e. The van der Waals surface area contributed by atoms with E-state index in [1.807, 2.05) is 0 Å². The molecule has 0 saturated heterocycles. The van der Waals surface area contributed by atoms with Gasteiger partial charge in [-0.3, -0.25) is 4.79 Å². The summed E-state index contributed by atoms with van der Waals surface area (Å²) < 4.78 is 10.1. The maximum absolute atomic E-state index is 11.1. The van der Waals surface area contributed by atoms with Crippen molar-refractivity contribution in [1.82, 2.24) is 5.32 Å². The summed E-state index contributed by atoms with van der Waals surface area (Å²) in [6.45, 7) is 1.10. The van der Waals surface area contributed by atoms with Crippen LogP contribution in [0, 0.1) is 0 Å². The molecule has 1 aromatic carbocycles. The molecule has 2 unspecified atom stereocenters. The van der Waals surface area contributed by atoms with Crippen molar-refractivity contribution >= 4 is 11.9 Å². The van der Waals surface area contributed by atoms with Crippen molar-refractivity contribution in [3.8, 4) is 11.5 Å². The fourth-order valence-corrected chi connectivity index (χ4v) is 1.91. The Bertz CT molecular complexity index is 533. The first-order valence-corrected chi connectivity index (χ1v) is 6.41. The Morgan fingerprint density at radius 1 is 1.18 bits per heavy atom. The van der Waals surface area contributed by atoms with E-state index >= 15 is 0 Å². The minimum absolute atomic E-state index is 0.0612. The second kappa shape index (κ2) is 7.62. The van der Waals surface area contributed by atoms with Crippen LogP contribution in [0.4, 0.5) is 0 Å². The van der Waals surface area contributed by atoms with E-state index in [1.54, 1.807) is 0 Å². The number of hydrogen-bond donors (Lipinski definition) is 4. The van der Waals surface area contributed by atoms with Gasteiger partial charge < -0.3 is 30.1 Å². The lowest BCUT2D eigenvalue weighted by Gasteiger charge is -2.23. The minimum atomic E-state index is -1.43. The zero-order valence-corrected chi connectivity index (χ0v) is 12.5. The largest absolute Gasteiger partial charge is 0.496 e. The molecule has 1 aromatic rings. The molecule has 0 aliphatic carbocycles. The van der Waals surface area contributed by atoms with Crippen LogP contribution in [0.2, 0.25) is 0 Å². The normalized spacial score (nSPS) is 13.1. The molecule has 0 spiro atoms. The lowest BCUT2D eigenvalue weighted by atomic mass is 9.99. The average Bonchev–Trinajstić information content (AvgIpc) is 2.49. The number of benzene rings is 1. The fourth-order valence-electron chi connectivity index (χ4n) is 1.91. The summed E-state index contributed by atoms with van der Waals surface area (Å²) in [5.74, 6) is -1.42. The summed E-state index contributed by atoms with van der Waals surface area (Å²) in [4.78, 5) is 21.9. The van der Waals surface area contributed by atoms with Crippen molar-refractivity contribution in [3.63, 3.8) is 0 Å². The van der Waals surface area contributed by atoms with Gasteiger partial charge >= 0.3 is 5.97 Å². The second-order valence-corrected chi connectivity index (χ2v) is 4.55. The van der Waals surface area contributed by atoms with E-state index in [0.29, 0.717) is 0 Å². The van der Waals surface area contributed by atoms with E-state index in [4.69, 9.17) is 14.6 Å². The van der Waals surface area contributed by atoms with Crippen LogP contribution in [0.25, 0.3) is 0 Å². The molecule has 8 nitrogen and oxygen atoms in total. The molecule has 0 aliphatic heterocycles. The van der Waals surface area contributed by atoms with Crippen LogP contribution in [-0.2, 0) is 4.79 Å². The molecule has 122 valence electrons. The maximum atomic E-state index is 11.1. The van der Waals surface area contributed by atoms with Crippen LogP contribution < -0.4 is 14.8 Å². The van der Waals surface area contributed by atoms with Crippen LogP contribution in [0.3, 0.4) is 0 Å². The minimum Gasteiger partial charge on any atom is -0.496 e. The molecule has 0 aromatic heterocycles. The molecule has 0 fully saturated rings. The monoisotopic (exact) mass is 313 g/mol. The first kappa shape index (κ1) is 17.7. The molecular weight excluding hydrogens is 294 g/mol. The summed E-state index contributed by atoms with van der Waals surface area (Å²) in [5, 5.41) is 31.6. The number of carbonyl (C=O) groups is 2. The molecule has 0 heterocycles. The SMILES string of the molecule is COc1cc(C(=O)O)cc(OC)c1C(O)C(O)CNC(C)=O. The molecule has 4 N–H and O–H groups in total. The topological polar surface area (TPSA) is 125 Å². The quantitative estimate of drug-likeness (QED) is 0.555. The molecule has 0 saturated carbocycles. The van der Waals surface area contributed by atoms with Gasteiger partial charge in [-0.2, -0.15) is 0 Å². The number of carbonyl (C=O) groups excluding carboxylic acids is 1. The predicted molar refractivity (Wildman–Crippen MR) is 76.2 cm³/mol. The Morgan fingerprint density at radius 3 is 2.05 bits per heavy atom. The second-order valence-electron chi connectivity index (χ2n) is 4.55. The van der Waals surface area contributed by atoms with Gasteiger partial charge in [-0.05, 0) is 12.1 Å². The Hall–Kier alpha value is -2.32. The van der Waals surface area contributed by atoms with Crippen LogP contribution >= 0.6 is 0 Å². The number of carboxylic acids is 1. The fraction of sp³-hybridized carbons (Fsp3) is 0.429. The first-order valence-electron chi connectivity index (χ1n) is 6.41. The van der Waals surface area contributed by atoms with Crippen LogP contribution in [0.1, 0.15) is 28.9 Å². The van der Waals surface area contributed by atoms with E-state index in [0.717, 1.165) is 0 Å². The summed E-state index contributed by atoms with van der Waals surface area (Å²) in [7, 11) is 2.60. The number of carboxylic acid groups (broad SMARTS) is 1. The number of nitrogens with one attached hydrogen (secondary N) is 1. The highest BCUT2D eigenvalue weighted by Gasteiger charge is 2.27. The van der Waals surface area contributed by atoms with Crippen LogP contribution in [0.15, 0.2) is 12.1 Å². The van der Waals surface area contributed by atoms with Crippen LogP contribution in [0.5, 0.6) is 11.5 Å². The van der Waals surface area contributed by atoms with Gasteiger partial charge in [0.1, 0.15) is 23.7 Å². The number of aromatic carboxylic acids is 1. The van der Waals surface area contributed by atoms with Crippen LogP contribution in [-0.4, -0.2) is 54.1 Å². The van der Waals surface area contributed by atoms with E-state index < -0.39 is 18.2 Å². The van der Waals surface area contributed by atoms with Gasteiger partial charge in [0.05, 0.1) is 25.3 Å². The third-order valence-electron chi connectivity index (χ3n) is 3.01. The smallest absolute Gasteiger partial charge is 0.335 e. The van der Waals surface area contributed by atoms with E-state index in [2.05, 4.69) is 5.32 Å². The van der Waals surface area contributed by atoms with Gasteiger partial charge in [0, 0.05) is 13.5 Å². The van der Waals surface area contributed by atoms with Crippen molar-refractivity contribution in [1.29, 1.82) is 0 Å². The first-order chi connectivity index (χ1) is 10.3. The number of amides is 1. The zero-order chi connectivity index (χ0) is 16.9. The molecule has 0 aliphatic rings. The average molecular weight is 313 g/mol. The molecule has 0 bridgehead atoms. The van der Waals surface area contributed by atoms with Gasteiger partial charge in [0.2, 0.25) is 5.91 Å². The van der Waals surface area contributed by atoms with E-state index in [9.17, 15) is 19.8 Å². The highest BCUT2D eigenvalue weighted by molar-refractivity contribution is 5.89. The number of hydrogen-bond acceptors (Lipinski definition) is 6.